The van der Waals surface area contributed by atoms with Gasteiger partial charge in [-0.3, -0.25) is 9.58 Å². The van der Waals surface area contributed by atoms with Crippen molar-refractivity contribution in [3.63, 3.8) is 0 Å². The van der Waals surface area contributed by atoms with Gasteiger partial charge in [-0.25, -0.2) is 19.7 Å². The van der Waals surface area contributed by atoms with Crippen LogP contribution in [-0.2, 0) is 13.6 Å². The highest BCUT2D eigenvalue weighted by Crippen LogP contribution is 2.30. The number of urea groups is 1. The molecule has 6 rings (SSSR count). The van der Waals surface area contributed by atoms with Crippen LogP contribution >= 0.6 is 0 Å². The van der Waals surface area contributed by atoms with E-state index in [0.29, 0.717) is 40.7 Å². The topological polar surface area (TPSA) is 148 Å². The van der Waals surface area contributed by atoms with Crippen LogP contribution in [0.5, 0.6) is 0 Å². The maximum absolute atomic E-state index is 13.7. The number of carbonyl (C=O) groups is 1. The number of amides is 2. The number of pyridine rings is 1. The van der Waals surface area contributed by atoms with E-state index in [0.717, 1.165) is 42.4 Å². The van der Waals surface area contributed by atoms with Crippen molar-refractivity contribution in [1.82, 2.24) is 30.0 Å². The molecule has 0 bridgehead atoms. The third kappa shape index (κ3) is 6.85. The number of hydrogen-bond donors (Lipinski definition) is 2. The standard InChI is InChI=1S/C35H32N10O/c1-44-23-29(22-41-44)27-10-15-32(38-20-27)45(35(46)40-19-24-6-3-2-4-7-24)31-13-11-30(12-14-31)42-34-39-21-28(18-37)33(43-34)26-9-5-8-25(16-26)17-36/h2-10,15-16,20-23,30-31H,11-14,19H2,1H3,(H,40,46)(H,39,42,43). The Morgan fingerprint density at radius 1 is 0.913 bits per heavy atom. The highest BCUT2D eigenvalue weighted by Gasteiger charge is 2.31. The first-order chi connectivity index (χ1) is 22.5. The summed E-state index contributed by atoms with van der Waals surface area (Å²) < 4.78 is 1.75. The van der Waals surface area contributed by atoms with Gasteiger partial charge < -0.3 is 10.6 Å². The van der Waals surface area contributed by atoms with Crippen LogP contribution in [0.2, 0.25) is 0 Å². The van der Waals surface area contributed by atoms with Crippen LogP contribution in [0, 0.1) is 22.7 Å². The van der Waals surface area contributed by atoms with Crippen LogP contribution in [-0.4, -0.2) is 42.8 Å². The van der Waals surface area contributed by atoms with E-state index in [-0.39, 0.29) is 18.1 Å². The van der Waals surface area contributed by atoms with Crippen LogP contribution < -0.4 is 15.5 Å². The van der Waals surface area contributed by atoms with Gasteiger partial charge in [0.05, 0.1) is 35.3 Å². The SMILES string of the molecule is Cn1cc(-c2ccc(N(C(=O)NCc3ccccc3)C3CCC(Nc4ncc(C#N)c(-c5cccc(C#N)c5)n4)CC3)nc2)cn1. The van der Waals surface area contributed by atoms with Crippen molar-refractivity contribution in [2.45, 2.75) is 44.3 Å². The molecule has 1 aliphatic carbocycles. The highest BCUT2D eigenvalue weighted by atomic mass is 16.2. The molecule has 46 heavy (non-hydrogen) atoms. The summed E-state index contributed by atoms with van der Waals surface area (Å²) in [5.41, 5.74) is 4.89. The van der Waals surface area contributed by atoms with E-state index in [9.17, 15) is 15.3 Å². The van der Waals surface area contributed by atoms with Gasteiger partial charge in [0, 0.05) is 54.8 Å². The van der Waals surface area contributed by atoms with Gasteiger partial charge in [-0.05, 0) is 55.5 Å². The van der Waals surface area contributed by atoms with Crippen molar-refractivity contribution in [2.75, 3.05) is 10.2 Å². The van der Waals surface area contributed by atoms with Gasteiger partial charge >= 0.3 is 6.03 Å². The number of carbonyl (C=O) groups excluding carboxylic acids is 1. The molecular weight excluding hydrogens is 576 g/mol. The fraction of sp³-hybridized carbons (Fsp3) is 0.229. The first-order valence-electron chi connectivity index (χ1n) is 15.1. The number of benzene rings is 2. The largest absolute Gasteiger partial charge is 0.351 e. The maximum Gasteiger partial charge on any atom is 0.323 e. The molecule has 0 spiro atoms. The number of rotatable bonds is 8. The smallest absolute Gasteiger partial charge is 0.323 e. The Morgan fingerprint density at radius 2 is 1.74 bits per heavy atom. The number of nitrogens with zero attached hydrogens (tertiary/aromatic N) is 8. The highest BCUT2D eigenvalue weighted by molar-refractivity contribution is 5.91. The zero-order valence-electron chi connectivity index (χ0n) is 25.3. The number of hydrogen-bond acceptors (Lipinski definition) is 8. The molecule has 2 aromatic carbocycles. The molecule has 11 nitrogen and oxygen atoms in total. The minimum atomic E-state index is -0.193. The van der Waals surface area contributed by atoms with Crippen molar-refractivity contribution >= 4 is 17.8 Å². The summed E-state index contributed by atoms with van der Waals surface area (Å²) in [6.45, 7) is 0.413. The van der Waals surface area contributed by atoms with E-state index < -0.39 is 0 Å². The van der Waals surface area contributed by atoms with E-state index in [4.69, 9.17) is 4.98 Å². The molecule has 11 heteroatoms. The lowest BCUT2D eigenvalue weighted by molar-refractivity contribution is 0.240. The molecule has 0 radical (unpaired) electrons. The number of nitriles is 2. The quantitative estimate of drug-likeness (QED) is 0.224. The average molecular weight is 609 g/mol. The van der Waals surface area contributed by atoms with Crippen LogP contribution in [0.25, 0.3) is 22.4 Å². The molecule has 1 aliphatic rings. The van der Waals surface area contributed by atoms with E-state index in [1.54, 1.807) is 40.2 Å². The fourth-order valence-electron chi connectivity index (χ4n) is 5.74. The van der Waals surface area contributed by atoms with Crippen molar-refractivity contribution in [3.05, 3.63) is 108 Å². The molecule has 1 saturated carbocycles. The van der Waals surface area contributed by atoms with Crippen LogP contribution in [0.15, 0.2) is 91.5 Å². The predicted octanol–water partition coefficient (Wildman–Crippen LogP) is 5.82. The Balaban J connectivity index is 1.17. The summed E-state index contributed by atoms with van der Waals surface area (Å²) in [4.78, 5) is 29.2. The van der Waals surface area contributed by atoms with E-state index in [1.807, 2.05) is 61.8 Å². The lowest BCUT2D eigenvalue weighted by atomic mass is 9.90. The van der Waals surface area contributed by atoms with Crippen molar-refractivity contribution in [3.8, 4) is 34.5 Å². The first-order valence-corrected chi connectivity index (χ1v) is 15.1. The third-order valence-corrected chi connectivity index (χ3v) is 8.11. The summed E-state index contributed by atoms with van der Waals surface area (Å²) in [7, 11) is 1.87. The Hall–Kier alpha value is -6.07. The predicted molar refractivity (Wildman–Crippen MR) is 174 cm³/mol. The molecule has 3 heterocycles. The average Bonchev–Trinajstić information content (AvgIpc) is 3.55. The zero-order valence-corrected chi connectivity index (χ0v) is 25.3. The van der Waals surface area contributed by atoms with Crippen molar-refractivity contribution in [1.29, 1.82) is 10.5 Å². The Morgan fingerprint density at radius 3 is 2.43 bits per heavy atom. The summed E-state index contributed by atoms with van der Waals surface area (Å²) in [5, 5.41) is 29.7. The lowest BCUT2D eigenvalue weighted by Crippen LogP contribution is -2.49. The van der Waals surface area contributed by atoms with E-state index in [1.165, 1.54) is 6.20 Å². The van der Waals surface area contributed by atoms with Gasteiger partial charge in [-0.1, -0.05) is 42.5 Å². The van der Waals surface area contributed by atoms with E-state index in [2.05, 4.69) is 37.8 Å². The number of anilines is 2. The van der Waals surface area contributed by atoms with Crippen molar-refractivity contribution in [2.24, 2.45) is 7.05 Å². The van der Waals surface area contributed by atoms with Crippen LogP contribution in [0.3, 0.4) is 0 Å². The first kappa shape index (κ1) is 30.0. The van der Waals surface area contributed by atoms with E-state index >= 15 is 0 Å². The summed E-state index contributed by atoms with van der Waals surface area (Å²) in [5.74, 6) is 1.01. The number of aryl methyl sites for hydroxylation is 1. The monoisotopic (exact) mass is 608 g/mol. The lowest BCUT2D eigenvalue weighted by Gasteiger charge is -2.36. The third-order valence-electron chi connectivity index (χ3n) is 8.11. The molecule has 5 aromatic rings. The van der Waals surface area contributed by atoms with Crippen molar-refractivity contribution < 1.29 is 4.79 Å². The van der Waals surface area contributed by atoms with Gasteiger partial charge in [0.15, 0.2) is 0 Å². The van der Waals surface area contributed by atoms with Crippen LogP contribution in [0.1, 0.15) is 42.4 Å². The Labute approximate surface area is 267 Å². The zero-order chi connectivity index (χ0) is 31.9. The summed E-state index contributed by atoms with van der Waals surface area (Å²) in [6, 6.07) is 24.8. The number of aromatic nitrogens is 5. The molecule has 2 amide bonds. The molecule has 0 unspecified atom stereocenters. The Bertz CT molecular complexity index is 1900. The molecule has 2 N–H and O–H groups in total. The molecule has 3 aromatic heterocycles. The maximum atomic E-state index is 13.7. The molecule has 0 saturated heterocycles. The molecule has 0 aliphatic heterocycles. The normalized spacial score (nSPS) is 15.7. The van der Waals surface area contributed by atoms with Gasteiger partial charge in [-0.15, -0.1) is 0 Å². The molecule has 228 valence electrons. The summed E-state index contributed by atoms with van der Waals surface area (Å²) in [6.07, 6.45) is 10.1. The minimum Gasteiger partial charge on any atom is -0.351 e. The number of nitrogens with one attached hydrogen (secondary N) is 2. The second-order valence-corrected chi connectivity index (χ2v) is 11.2. The van der Waals surface area contributed by atoms with Gasteiger partial charge in [0.2, 0.25) is 5.95 Å². The van der Waals surface area contributed by atoms with Gasteiger partial charge in [-0.2, -0.15) is 15.6 Å². The fourth-order valence-corrected chi connectivity index (χ4v) is 5.74. The minimum absolute atomic E-state index is 0.0586. The molecular formula is C35H32N10O. The molecule has 1 fully saturated rings. The van der Waals surface area contributed by atoms with Crippen LogP contribution in [0.4, 0.5) is 16.6 Å². The second-order valence-electron chi connectivity index (χ2n) is 11.2. The van der Waals surface area contributed by atoms with Gasteiger partial charge in [0.25, 0.3) is 0 Å². The Kier molecular flexibility index (Phi) is 8.93. The van der Waals surface area contributed by atoms with Gasteiger partial charge in [0.1, 0.15) is 11.9 Å². The summed E-state index contributed by atoms with van der Waals surface area (Å²) >= 11 is 0. The second kappa shape index (κ2) is 13.7. The molecule has 0 atom stereocenters.